The van der Waals surface area contributed by atoms with Crippen molar-refractivity contribution in [2.24, 2.45) is 0 Å². The molecule has 0 saturated carbocycles. The van der Waals surface area contributed by atoms with Gasteiger partial charge >= 0.3 is 0 Å². The zero-order valence-electron chi connectivity index (χ0n) is 15.1. The molecule has 3 rings (SSSR count). The number of rotatable bonds is 4. The SMILES string of the molecule is Cc1cc(C)c(C(=O)c2ccc(P(=O)(O)c3ccccc3)cc2)c(C)c1. The Balaban J connectivity index is 1.96. The van der Waals surface area contributed by atoms with Crippen molar-refractivity contribution in [3.8, 4) is 0 Å². The molecule has 0 heterocycles. The number of ketones is 1. The Kier molecular flexibility index (Phi) is 4.95. The van der Waals surface area contributed by atoms with Crippen LogP contribution in [0.15, 0.2) is 66.7 Å². The fourth-order valence-electron chi connectivity index (χ4n) is 3.28. The summed E-state index contributed by atoms with van der Waals surface area (Å²) in [5.74, 6) is -0.0703. The van der Waals surface area contributed by atoms with Crippen molar-refractivity contribution >= 4 is 23.8 Å². The van der Waals surface area contributed by atoms with Crippen LogP contribution in [0, 0.1) is 20.8 Å². The minimum Gasteiger partial charge on any atom is -0.338 e. The normalized spacial score (nSPS) is 13.2. The molecule has 3 nitrogen and oxygen atoms in total. The molecule has 1 unspecified atom stereocenters. The van der Waals surface area contributed by atoms with Gasteiger partial charge in [-0.2, -0.15) is 0 Å². The Morgan fingerprint density at radius 1 is 0.808 bits per heavy atom. The number of carbonyl (C=O) groups excluding carboxylic acids is 1. The molecule has 0 bridgehead atoms. The van der Waals surface area contributed by atoms with Crippen molar-refractivity contribution in [3.63, 3.8) is 0 Å². The van der Waals surface area contributed by atoms with Crippen LogP contribution in [0.4, 0.5) is 0 Å². The fraction of sp³-hybridized carbons (Fsp3) is 0.136. The van der Waals surface area contributed by atoms with Crippen molar-refractivity contribution in [1.29, 1.82) is 0 Å². The standard InChI is InChI=1S/C22H21O3P/c1-15-13-16(2)21(17(3)14-15)22(23)18-9-11-20(12-10-18)26(24,25)19-7-5-4-6-8-19/h4-14H,1-3H3,(H,24,25). The second-order valence-electron chi connectivity index (χ2n) is 6.56. The molecule has 0 saturated heterocycles. The van der Waals surface area contributed by atoms with E-state index in [4.69, 9.17) is 0 Å². The second-order valence-corrected chi connectivity index (χ2v) is 8.75. The van der Waals surface area contributed by atoms with Gasteiger partial charge in [0.05, 0.1) is 0 Å². The quantitative estimate of drug-likeness (QED) is 0.561. The fourth-order valence-corrected chi connectivity index (χ4v) is 4.70. The van der Waals surface area contributed by atoms with Crippen molar-refractivity contribution in [3.05, 3.63) is 94.5 Å². The van der Waals surface area contributed by atoms with Crippen molar-refractivity contribution in [2.75, 3.05) is 0 Å². The van der Waals surface area contributed by atoms with Crippen LogP contribution < -0.4 is 10.6 Å². The van der Waals surface area contributed by atoms with Gasteiger partial charge in [-0.3, -0.25) is 9.36 Å². The van der Waals surface area contributed by atoms with Crippen LogP contribution in [0.5, 0.6) is 0 Å². The van der Waals surface area contributed by atoms with E-state index in [1.807, 2.05) is 32.9 Å². The lowest BCUT2D eigenvalue weighted by Gasteiger charge is -2.13. The molecule has 0 fully saturated rings. The molecule has 0 spiro atoms. The average Bonchev–Trinajstić information content (AvgIpc) is 2.61. The number of aryl methyl sites for hydroxylation is 3. The van der Waals surface area contributed by atoms with Gasteiger partial charge < -0.3 is 4.89 Å². The van der Waals surface area contributed by atoms with Gasteiger partial charge in [0.15, 0.2) is 5.78 Å². The van der Waals surface area contributed by atoms with E-state index in [0.29, 0.717) is 21.7 Å². The van der Waals surface area contributed by atoms with Crippen LogP contribution in [0.25, 0.3) is 0 Å². The topological polar surface area (TPSA) is 54.4 Å². The maximum Gasteiger partial charge on any atom is 0.258 e. The van der Waals surface area contributed by atoms with E-state index in [-0.39, 0.29) is 5.78 Å². The summed E-state index contributed by atoms with van der Waals surface area (Å²) in [6.07, 6.45) is 0. The summed E-state index contributed by atoms with van der Waals surface area (Å²) in [6, 6.07) is 18.9. The van der Waals surface area contributed by atoms with E-state index in [1.165, 1.54) is 0 Å². The first-order valence-electron chi connectivity index (χ1n) is 8.42. The Bertz CT molecular complexity index is 982. The molecule has 0 radical (unpaired) electrons. The summed E-state index contributed by atoms with van der Waals surface area (Å²) in [5, 5.41) is 0.696. The van der Waals surface area contributed by atoms with Gasteiger partial charge in [0.1, 0.15) is 0 Å². The molecule has 132 valence electrons. The van der Waals surface area contributed by atoms with Crippen LogP contribution in [-0.2, 0) is 4.57 Å². The highest BCUT2D eigenvalue weighted by atomic mass is 31.2. The average molecular weight is 364 g/mol. The van der Waals surface area contributed by atoms with Crippen molar-refractivity contribution < 1.29 is 14.3 Å². The largest absolute Gasteiger partial charge is 0.338 e. The lowest BCUT2D eigenvalue weighted by Crippen LogP contribution is -2.16. The molecule has 0 aliphatic rings. The minimum absolute atomic E-state index is 0.0703. The molecular weight excluding hydrogens is 343 g/mol. The third-order valence-corrected chi connectivity index (χ3v) is 6.49. The first-order valence-corrected chi connectivity index (χ1v) is 10.1. The summed E-state index contributed by atoms with van der Waals surface area (Å²) < 4.78 is 12.8. The molecule has 1 N–H and O–H groups in total. The molecule has 4 heteroatoms. The van der Waals surface area contributed by atoms with E-state index in [2.05, 4.69) is 0 Å². The number of hydrogen-bond donors (Lipinski definition) is 1. The van der Waals surface area contributed by atoms with E-state index in [0.717, 1.165) is 16.7 Å². The highest BCUT2D eigenvalue weighted by molar-refractivity contribution is 7.73. The van der Waals surface area contributed by atoms with Crippen molar-refractivity contribution in [1.82, 2.24) is 0 Å². The lowest BCUT2D eigenvalue weighted by atomic mass is 9.93. The minimum atomic E-state index is -3.66. The highest BCUT2D eigenvalue weighted by Crippen LogP contribution is 2.38. The monoisotopic (exact) mass is 364 g/mol. The first-order chi connectivity index (χ1) is 12.3. The van der Waals surface area contributed by atoms with Gasteiger partial charge in [-0.15, -0.1) is 0 Å². The Morgan fingerprint density at radius 3 is 1.85 bits per heavy atom. The van der Waals surface area contributed by atoms with E-state index in [9.17, 15) is 14.3 Å². The molecule has 26 heavy (non-hydrogen) atoms. The third kappa shape index (κ3) is 3.41. The first kappa shape index (κ1) is 18.3. The molecule has 3 aromatic rings. The van der Waals surface area contributed by atoms with Crippen molar-refractivity contribution in [2.45, 2.75) is 20.8 Å². The molecule has 0 aliphatic carbocycles. The summed E-state index contributed by atoms with van der Waals surface area (Å²) in [5.41, 5.74) is 4.20. The van der Waals surface area contributed by atoms with Crippen LogP contribution in [0.2, 0.25) is 0 Å². The van der Waals surface area contributed by atoms with Crippen LogP contribution in [0.3, 0.4) is 0 Å². The van der Waals surface area contributed by atoms with Crippen LogP contribution in [0.1, 0.15) is 32.6 Å². The highest BCUT2D eigenvalue weighted by Gasteiger charge is 2.24. The third-order valence-electron chi connectivity index (χ3n) is 4.49. The number of benzene rings is 3. The molecule has 3 aromatic carbocycles. The van der Waals surface area contributed by atoms with E-state index in [1.54, 1.807) is 54.6 Å². The molecule has 0 aromatic heterocycles. The van der Waals surface area contributed by atoms with Gasteiger partial charge in [0.25, 0.3) is 7.37 Å². The van der Waals surface area contributed by atoms with Gasteiger partial charge in [0, 0.05) is 21.7 Å². The Labute approximate surface area is 153 Å². The maximum absolute atomic E-state index is 12.9. The number of hydrogen-bond acceptors (Lipinski definition) is 2. The number of carbonyl (C=O) groups is 1. The summed E-state index contributed by atoms with van der Waals surface area (Å²) in [4.78, 5) is 23.4. The predicted octanol–water partition coefficient (Wildman–Crippen LogP) is 4.06. The van der Waals surface area contributed by atoms with Gasteiger partial charge in [-0.1, -0.05) is 48.0 Å². The summed E-state index contributed by atoms with van der Waals surface area (Å²) in [6.45, 7) is 5.86. The van der Waals surface area contributed by atoms with E-state index >= 15 is 0 Å². The summed E-state index contributed by atoms with van der Waals surface area (Å²) >= 11 is 0. The maximum atomic E-state index is 12.9. The van der Waals surface area contributed by atoms with Gasteiger partial charge in [-0.05, 0) is 56.2 Å². The molecule has 0 aliphatic heterocycles. The molecule has 0 amide bonds. The second kappa shape index (κ2) is 7.03. The van der Waals surface area contributed by atoms with E-state index < -0.39 is 7.37 Å². The smallest absolute Gasteiger partial charge is 0.258 e. The zero-order chi connectivity index (χ0) is 18.9. The van der Waals surface area contributed by atoms with Gasteiger partial charge in [-0.25, -0.2) is 0 Å². The molecule has 1 atom stereocenters. The summed E-state index contributed by atoms with van der Waals surface area (Å²) in [7, 11) is -3.66. The van der Waals surface area contributed by atoms with Gasteiger partial charge in [0.2, 0.25) is 0 Å². The van der Waals surface area contributed by atoms with Crippen LogP contribution in [-0.4, -0.2) is 10.7 Å². The van der Waals surface area contributed by atoms with Crippen LogP contribution >= 0.6 is 7.37 Å². The Hall–Kier alpha value is -2.48. The predicted molar refractivity (Wildman–Crippen MR) is 106 cm³/mol. The zero-order valence-corrected chi connectivity index (χ0v) is 16.0. The lowest BCUT2D eigenvalue weighted by molar-refractivity contribution is 0.103. The Morgan fingerprint density at radius 2 is 1.31 bits per heavy atom. The molecular formula is C22H21O3P.